The summed E-state index contributed by atoms with van der Waals surface area (Å²) in [6.45, 7) is 1.66. The second kappa shape index (κ2) is 11.0. The number of methoxy groups -OCH3 is 1. The third-order valence-corrected chi connectivity index (χ3v) is 5.24. The normalized spacial score (nSPS) is 11.1. The standard InChI is InChI=1S/C27H27N3O3/c1-32-22-13-15-23(16-14-22)33-19-7-18-30-25-11-6-5-10-24(25)29-26(30)20-28-27(31)17-12-21-8-3-2-4-9-21/h2-6,8-17H,7,18-20H2,1H3,(H,28,31)/b17-12-. The van der Waals surface area contributed by atoms with Gasteiger partial charge in [0, 0.05) is 12.6 Å². The van der Waals surface area contributed by atoms with Crippen LogP contribution in [0.3, 0.4) is 0 Å². The molecule has 6 heteroatoms. The highest BCUT2D eigenvalue weighted by atomic mass is 16.5. The number of carbonyl (C=O) groups excluding carboxylic acids is 1. The molecule has 4 rings (SSSR count). The van der Waals surface area contributed by atoms with Gasteiger partial charge in [-0.25, -0.2) is 4.98 Å². The van der Waals surface area contributed by atoms with E-state index in [0.29, 0.717) is 13.2 Å². The molecule has 0 aliphatic rings. The Morgan fingerprint density at radius 2 is 1.70 bits per heavy atom. The molecule has 0 saturated carbocycles. The lowest BCUT2D eigenvalue weighted by molar-refractivity contribution is -0.116. The summed E-state index contributed by atoms with van der Waals surface area (Å²) in [5, 5.41) is 2.95. The van der Waals surface area contributed by atoms with Crippen LogP contribution in [0.4, 0.5) is 0 Å². The maximum absolute atomic E-state index is 12.3. The number of fused-ring (bicyclic) bond motifs is 1. The molecule has 1 amide bonds. The number of nitrogens with one attached hydrogen (secondary N) is 1. The number of imidazole rings is 1. The van der Waals surface area contributed by atoms with Crippen LogP contribution in [0.1, 0.15) is 17.8 Å². The number of para-hydroxylation sites is 2. The number of hydrogen-bond donors (Lipinski definition) is 1. The van der Waals surface area contributed by atoms with Crippen LogP contribution in [-0.4, -0.2) is 29.2 Å². The molecular weight excluding hydrogens is 414 g/mol. The van der Waals surface area contributed by atoms with Gasteiger partial charge in [-0.2, -0.15) is 0 Å². The fourth-order valence-electron chi connectivity index (χ4n) is 3.56. The highest BCUT2D eigenvalue weighted by molar-refractivity contribution is 5.91. The summed E-state index contributed by atoms with van der Waals surface area (Å²) in [5.74, 6) is 2.28. The van der Waals surface area contributed by atoms with Crippen molar-refractivity contribution in [3.63, 3.8) is 0 Å². The van der Waals surface area contributed by atoms with Crippen molar-refractivity contribution in [2.75, 3.05) is 13.7 Å². The first kappa shape index (κ1) is 22.1. The Balaban J connectivity index is 1.36. The summed E-state index contributed by atoms with van der Waals surface area (Å²) in [4.78, 5) is 17.0. The van der Waals surface area contributed by atoms with E-state index in [4.69, 9.17) is 14.5 Å². The molecule has 1 N–H and O–H groups in total. The molecule has 168 valence electrons. The maximum atomic E-state index is 12.3. The van der Waals surface area contributed by atoms with Gasteiger partial charge in [-0.3, -0.25) is 4.79 Å². The Morgan fingerprint density at radius 1 is 0.970 bits per heavy atom. The van der Waals surface area contributed by atoms with Gasteiger partial charge in [0.1, 0.15) is 17.3 Å². The minimum absolute atomic E-state index is 0.153. The van der Waals surface area contributed by atoms with Crippen molar-refractivity contribution in [3.05, 3.63) is 96.3 Å². The third kappa shape index (κ3) is 6.01. The van der Waals surface area contributed by atoms with Crippen LogP contribution in [0.25, 0.3) is 17.1 Å². The molecule has 0 radical (unpaired) electrons. The van der Waals surface area contributed by atoms with Gasteiger partial charge in [0.15, 0.2) is 0 Å². The zero-order valence-corrected chi connectivity index (χ0v) is 18.6. The molecule has 0 spiro atoms. The van der Waals surface area contributed by atoms with E-state index >= 15 is 0 Å². The van der Waals surface area contributed by atoms with Gasteiger partial charge in [0.05, 0.1) is 31.3 Å². The number of aryl methyl sites for hydroxylation is 1. The van der Waals surface area contributed by atoms with Crippen molar-refractivity contribution >= 4 is 23.0 Å². The van der Waals surface area contributed by atoms with Crippen LogP contribution in [0.15, 0.2) is 84.9 Å². The molecule has 1 aromatic heterocycles. The number of hydrogen-bond acceptors (Lipinski definition) is 4. The Labute approximate surface area is 193 Å². The van der Waals surface area contributed by atoms with Gasteiger partial charge >= 0.3 is 0 Å². The molecular formula is C27H27N3O3. The molecule has 0 saturated heterocycles. The van der Waals surface area contributed by atoms with Crippen molar-refractivity contribution < 1.29 is 14.3 Å². The molecule has 0 atom stereocenters. The average Bonchev–Trinajstić information content (AvgIpc) is 3.22. The van der Waals surface area contributed by atoms with Crippen LogP contribution < -0.4 is 14.8 Å². The lowest BCUT2D eigenvalue weighted by Gasteiger charge is -2.11. The zero-order valence-electron chi connectivity index (χ0n) is 18.6. The quantitative estimate of drug-likeness (QED) is 0.282. The first-order valence-electron chi connectivity index (χ1n) is 10.9. The maximum Gasteiger partial charge on any atom is 0.244 e. The number of aromatic nitrogens is 2. The van der Waals surface area contributed by atoms with Gasteiger partial charge in [0.25, 0.3) is 0 Å². The smallest absolute Gasteiger partial charge is 0.244 e. The summed E-state index contributed by atoms with van der Waals surface area (Å²) in [7, 11) is 1.64. The van der Waals surface area contributed by atoms with Crippen molar-refractivity contribution in [1.82, 2.24) is 14.9 Å². The third-order valence-electron chi connectivity index (χ3n) is 5.24. The largest absolute Gasteiger partial charge is 0.497 e. The van der Waals surface area contributed by atoms with Gasteiger partial charge in [-0.05, 0) is 54.5 Å². The first-order chi connectivity index (χ1) is 16.2. The molecule has 3 aromatic carbocycles. The van der Waals surface area contributed by atoms with Gasteiger partial charge in [-0.1, -0.05) is 42.5 Å². The van der Waals surface area contributed by atoms with Crippen molar-refractivity contribution in [2.24, 2.45) is 0 Å². The fourth-order valence-corrected chi connectivity index (χ4v) is 3.56. The number of ether oxygens (including phenoxy) is 2. The number of rotatable bonds is 10. The number of amides is 1. The van der Waals surface area contributed by atoms with Gasteiger partial charge < -0.3 is 19.4 Å². The summed E-state index contributed by atoms with van der Waals surface area (Å²) in [6.07, 6.45) is 4.15. The van der Waals surface area contributed by atoms with E-state index < -0.39 is 0 Å². The Hall–Kier alpha value is -4.06. The molecule has 33 heavy (non-hydrogen) atoms. The Kier molecular flexibility index (Phi) is 7.38. The molecule has 0 bridgehead atoms. The molecule has 1 heterocycles. The topological polar surface area (TPSA) is 65.4 Å². The minimum Gasteiger partial charge on any atom is -0.497 e. The highest BCUT2D eigenvalue weighted by Gasteiger charge is 2.11. The van der Waals surface area contributed by atoms with Gasteiger partial charge in [-0.15, -0.1) is 0 Å². The fraction of sp³-hybridized carbons (Fsp3) is 0.185. The molecule has 0 aliphatic heterocycles. The number of benzene rings is 3. The molecule has 0 aliphatic carbocycles. The second-order valence-corrected chi connectivity index (χ2v) is 7.51. The molecule has 0 fully saturated rings. The summed E-state index contributed by atoms with van der Waals surface area (Å²) >= 11 is 0. The first-order valence-corrected chi connectivity index (χ1v) is 10.9. The SMILES string of the molecule is COc1ccc(OCCCn2c(CNC(=O)/C=C\c3ccccc3)nc3ccccc32)cc1. The van der Waals surface area contributed by atoms with E-state index in [1.807, 2.05) is 78.9 Å². The Bertz CT molecular complexity index is 1210. The number of carbonyl (C=O) groups is 1. The van der Waals surface area contributed by atoms with Crippen LogP contribution >= 0.6 is 0 Å². The lowest BCUT2D eigenvalue weighted by atomic mass is 10.2. The van der Waals surface area contributed by atoms with Crippen molar-refractivity contribution in [3.8, 4) is 11.5 Å². The van der Waals surface area contributed by atoms with Crippen molar-refractivity contribution in [2.45, 2.75) is 19.5 Å². The van der Waals surface area contributed by atoms with E-state index in [1.165, 1.54) is 0 Å². The highest BCUT2D eigenvalue weighted by Crippen LogP contribution is 2.19. The summed E-state index contributed by atoms with van der Waals surface area (Å²) in [5.41, 5.74) is 2.94. The zero-order chi connectivity index (χ0) is 22.9. The van der Waals surface area contributed by atoms with E-state index in [9.17, 15) is 4.79 Å². The minimum atomic E-state index is -0.153. The summed E-state index contributed by atoms with van der Waals surface area (Å²) in [6, 6.07) is 25.3. The molecule has 6 nitrogen and oxygen atoms in total. The predicted molar refractivity (Wildman–Crippen MR) is 130 cm³/mol. The van der Waals surface area contributed by atoms with Crippen LogP contribution in [0.5, 0.6) is 11.5 Å². The monoisotopic (exact) mass is 441 g/mol. The van der Waals surface area contributed by atoms with Crippen LogP contribution in [0, 0.1) is 0 Å². The van der Waals surface area contributed by atoms with E-state index in [1.54, 1.807) is 19.3 Å². The van der Waals surface area contributed by atoms with Gasteiger partial charge in [0.2, 0.25) is 5.91 Å². The lowest BCUT2D eigenvalue weighted by Crippen LogP contribution is -2.23. The van der Waals surface area contributed by atoms with Crippen molar-refractivity contribution in [1.29, 1.82) is 0 Å². The number of nitrogens with zero attached hydrogens (tertiary/aromatic N) is 2. The van der Waals surface area contributed by atoms with E-state index in [2.05, 4.69) is 9.88 Å². The van der Waals surface area contributed by atoms with Crippen LogP contribution in [0.2, 0.25) is 0 Å². The van der Waals surface area contributed by atoms with Crippen LogP contribution in [-0.2, 0) is 17.9 Å². The molecule has 4 aromatic rings. The molecule has 0 unspecified atom stereocenters. The Morgan fingerprint density at radius 3 is 2.48 bits per heavy atom. The predicted octanol–water partition coefficient (Wildman–Crippen LogP) is 4.84. The average molecular weight is 442 g/mol. The summed E-state index contributed by atoms with van der Waals surface area (Å²) < 4.78 is 13.2. The second-order valence-electron chi connectivity index (χ2n) is 7.51. The van der Waals surface area contributed by atoms with E-state index in [-0.39, 0.29) is 5.91 Å². The van der Waals surface area contributed by atoms with E-state index in [0.717, 1.165) is 46.9 Å².